The van der Waals surface area contributed by atoms with Crippen molar-refractivity contribution >= 4 is 17.4 Å². The second-order valence-corrected chi connectivity index (χ2v) is 7.33. The summed E-state index contributed by atoms with van der Waals surface area (Å²) in [6.45, 7) is 2.95. The van der Waals surface area contributed by atoms with Crippen LogP contribution in [-0.2, 0) is 9.59 Å². The van der Waals surface area contributed by atoms with Crippen LogP contribution in [0.5, 0.6) is 5.75 Å². The molecule has 0 bridgehead atoms. The second kappa shape index (κ2) is 8.53. The average Bonchev–Trinajstić information content (AvgIpc) is 3.23. The Bertz CT molecular complexity index is 927. The molecule has 1 aromatic carbocycles. The molecule has 7 heteroatoms. The molecule has 2 aromatic rings. The van der Waals surface area contributed by atoms with Crippen LogP contribution in [0.4, 0.5) is 0 Å². The predicted molar refractivity (Wildman–Crippen MR) is 109 cm³/mol. The van der Waals surface area contributed by atoms with Gasteiger partial charge in [-0.25, -0.2) is 0 Å². The number of aliphatic hydroxyl groups is 1. The monoisotopic (exact) mass is 398 g/mol. The fourth-order valence-corrected chi connectivity index (χ4v) is 3.47. The number of Topliss-reactive ketones (excluding diaryl/α,β-unsaturated/α-hetero) is 1. The van der Waals surface area contributed by atoms with Crippen LogP contribution >= 0.6 is 0 Å². The molecule has 1 atom stereocenters. The summed E-state index contributed by atoms with van der Waals surface area (Å²) in [5, 5.41) is 10.9. The molecule has 0 spiro atoms. The highest BCUT2D eigenvalue weighted by Crippen LogP contribution is 2.40. The maximum atomic E-state index is 12.9. The number of ether oxygens (including phenoxy) is 1. The first-order valence-electron chi connectivity index (χ1n) is 9.47. The van der Waals surface area contributed by atoms with Gasteiger partial charge in [-0.05, 0) is 70.4 Å². The molecule has 1 aliphatic rings. The third-order valence-corrected chi connectivity index (χ3v) is 4.94. The van der Waals surface area contributed by atoms with Crippen LogP contribution in [0.3, 0.4) is 0 Å². The largest absolute Gasteiger partial charge is 0.507 e. The Morgan fingerprint density at radius 2 is 1.86 bits per heavy atom. The molecule has 0 aliphatic carbocycles. The highest BCUT2D eigenvalue weighted by molar-refractivity contribution is 6.46. The third kappa shape index (κ3) is 4.19. The van der Waals surface area contributed by atoms with Gasteiger partial charge >= 0.3 is 0 Å². The molecule has 1 aromatic heterocycles. The quantitative estimate of drug-likeness (QED) is 0.439. The number of furan rings is 1. The topological polar surface area (TPSA) is 83.2 Å². The summed E-state index contributed by atoms with van der Waals surface area (Å²) in [6, 6.07) is 9.45. The molecule has 1 unspecified atom stereocenters. The molecule has 2 heterocycles. The zero-order valence-electron chi connectivity index (χ0n) is 17.1. The number of carbonyl (C=O) groups is 2. The molecule has 3 rings (SSSR count). The number of rotatable bonds is 7. The smallest absolute Gasteiger partial charge is 0.295 e. The van der Waals surface area contributed by atoms with E-state index in [0.717, 1.165) is 6.54 Å². The number of hydrogen-bond acceptors (Lipinski definition) is 6. The summed E-state index contributed by atoms with van der Waals surface area (Å²) in [5.74, 6) is 0.203. The lowest BCUT2D eigenvalue weighted by Gasteiger charge is -2.24. The van der Waals surface area contributed by atoms with Gasteiger partial charge in [0, 0.05) is 12.1 Å². The normalized spacial score (nSPS) is 18.7. The van der Waals surface area contributed by atoms with Crippen molar-refractivity contribution in [3.8, 4) is 5.75 Å². The van der Waals surface area contributed by atoms with Gasteiger partial charge in [0.15, 0.2) is 0 Å². The lowest BCUT2D eigenvalue weighted by atomic mass is 9.99. The van der Waals surface area contributed by atoms with E-state index in [-0.39, 0.29) is 11.3 Å². The number of aryl methyl sites for hydroxylation is 1. The molecular weight excluding hydrogens is 372 g/mol. The molecule has 0 radical (unpaired) electrons. The van der Waals surface area contributed by atoms with E-state index in [1.54, 1.807) is 50.4 Å². The predicted octanol–water partition coefficient (Wildman–Crippen LogP) is 2.97. The molecule has 29 heavy (non-hydrogen) atoms. The van der Waals surface area contributed by atoms with Crippen LogP contribution in [0, 0.1) is 6.92 Å². The Balaban J connectivity index is 2.04. The summed E-state index contributed by atoms with van der Waals surface area (Å²) in [6.07, 6.45) is 0.693. The van der Waals surface area contributed by atoms with E-state index in [1.165, 1.54) is 4.90 Å². The molecule has 0 saturated carbocycles. The number of carbonyl (C=O) groups excluding carboxylic acids is 2. The molecule has 1 saturated heterocycles. The van der Waals surface area contributed by atoms with Crippen LogP contribution in [-0.4, -0.2) is 60.9 Å². The Hall–Kier alpha value is -3.06. The maximum Gasteiger partial charge on any atom is 0.295 e. The van der Waals surface area contributed by atoms with Crippen molar-refractivity contribution in [3.63, 3.8) is 0 Å². The Labute approximate surface area is 170 Å². The average molecular weight is 398 g/mol. The number of amides is 1. The maximum absolute atomic E-state index is 12.9. The third-order valence-electron chi connectivity index (χ3n) is 4.94. The minimum absolute atomic E-state index is 0.0411. The highest BCUT2D eigenvalue weighted by Gasteiger charge is 2.47. The van der Waals surface area contributed by atoms with E-state index < -0.39 is 17.7 Å². The van der Waals surface area contributed by atoms with Crippen molar-refractivity contribution in [1.29, 1.82) is 0 Å². The van der Waals surface area contributed by atoms with Gasteiger partial charge in [0.1, 0.15) is 29.1 Å². The van der Waals surface area contributed by atoms with E-state index in [2.05, 4.69) is 0 Å². The Kier molecular flexibility index (Phi) is 6.08. The molecular formula is C22H26N2O5. The van der Waals surface area contributed by atoms with Crippen LogP contribution < -0.4 is 4.74 Å². The van der Waals surface area contributed by atoms with Crippen molar-refractivity contribution in [1.82, 2.24) is 9.80 Å². The van der Waals surface area contributed by atoms with E-state index >= 15 is 0 Å². The van der Waals surface area contributed by atoms with Gasteiger partial charge in [-0.3, -0.25) is 9.59 Å². The number of ketones is 1. The Morgan fingerprint density at radius 1 is 1.17 bits per heavy atom. The lowest BCUT2D eigenvalue weighted by Crippen LogP contribution is -2.32. The lowest BCUT2D eigenvalue weighted by molar-refractivity contribution is -0.140. The molecule has 1 N–H and O–H groups in total. The van der Waals surface area contributed by atoms with Crippen molar-refractivity contribution in [2.24, 2.45) is 0 Å². The van der Waals surface area contributed by atoms with Crippen LogP contribution in [0.2, 0.25) is 0 Å². The summed E-state index contributed by atoms with van der Waals surface area (Å²) in [7, 11) is 5.45. The number of nitrogens with zero attached hydrogens (tertiary/aromatic N) is 2. The van der Waals surface area contributed by atoms with Crippen molar-refractivity contribution in [2.45, 2.75) is 19.4 Å². The van der Waals surface area contributed by atoms with E-state index in [4.69, 9.17) is 9.15 Å². The van der Waals surface area contributed by atoms with Crippen LogP contribution in [0.15, 0.2) is 46.4 Å². The fraction of sp³-hybridized carbons (Fsp3) is 0.364. The number of hydrogen-bond donors (Lipinski definition) is 1. The van der Waals surface area contributed by atoms with E-state index in [1.807, 2.05) is 19.0 Å². The molecule has 7 nitrogen and oxygen atoms in total. The Morgan fingerprint density at radius 3 is 2.41 bits per heavy atom. The summed E-state index contributed by atoms with van der Waals surface area (Å²) in [5.41, 5.74) is 0.477. The number of benzene rings is 1. The minimum atomic E-state index is -0.757. The molecule has 1 fully saturated rings. The van der Waals surface area contributed by atoms with Gasteiger partial charge in [-0.15, -0.1) is 0 Å². The first-order valence-corrected chi connectivity index (χ1v) is 9.47. The fourth-order valence-electron chi connectivity index (χ4n) is 3.47. The van der Waals surface area contributed by atoms with Crippen molar-refractivity contribution < 1.29 is 23.8 Å². The number of methoxy groups -OCH3 is 1. The van der Waals surface area contributed by atoms with Crippen molar-refractivity contribution in [3.05, 3.63) is 59.1 Å². The van der Waals surface area contributed by atoms with Gasteiger partial charge in [0.05, 0.1) is 12.7 Å². The first kappa shape index (κ1) is 20.7. The molecule has 1 amide bonds. The first-order chi connectivity index (χ1) is 13.8. The zero-order valence-corrected chi connectivity index (χ0v) is 17.1. The van der Waals surface area contributed by atoms with Crippen LogP contribution in [0.1, 0.15) is 29.5 Å². The van der Waals surface area contributed by atoms with E-state index in [9.17, 15) is 14.7 Å². The zero-order chi connectivity index (χ0) is 21.1. The van der Waals surface area contributed by atoms with Gasteiger partial charge < -0.3 is 24.1 Å². The number of aliphatic hydroxyl groups excluding tert-OH is 1. The van der Waals surface area contributed by atoms with Crippen LogP contribution in [0.25, 0.3) is 5.76 Å². The summed E-state index contributed by atoms with van der Waals surface area (Å²) < 4.78 is 10.9. The summed E-state index contributed by atoms with van der Waals surface area (Å²) >= 11 is 0. The molecule has 1 aliphatic heterocycles. The van der Waals surface area contributed by atoms with Crippen molar-refractivity contribution in [2.75, 3.05) is 34.3 Å². The summed E-state index contributed by atoms with van der Waals surface area (Å²) in [4.78, 5) is 29.1. The second-order valence-electron chi connectivity index (χ2n) is 7.33. The number of likely N-dealkylation sites (tertiary alicyclic amines) is 1. The molecule has 154 valence electrons. The highest BCUT2D eigenvalue weighted by atomic mass is 16.5. The SMILES string of the molecule is COc1ccc(/C(O)=C2/C(=O)C(=O)N(CCCN(C)C)C2c2ccc(C)o2)cc1. The standard InChI is InChI=1S/C22H26N2O5/c1-14-6-11-17(29-14)19-18(20(25)15-7-9-16(28-4)10-8-15)21(26)22(27)24(19)13-5-12-23(2)3/h6-11,19,25H,5,12-13H2,1-4H3/b20-18-. The van der Waals surface area contributed by atoms with Gasteiger partial charge in [-0.2, -0.15) is 0 Å². The van der Waals surface area contributed by atoms with E-state index in [0.29, 0.717) is 35.8 Å². The van der Waals surface area contributed by atoms with Gasteiger partial charge in [0.25, 0.3) is 11.7 Å². The minimum Gasteiger partial charge on any atom is -0.507 e. The van der Waals surface area contributed by atoms with Gasteiger partial charge in [0.2, 0.25) is 0 Å². The van der Waals surface area contributed by atoms with Gasteiger partial charge in [-0.1, -0.05) is 0 Å².